The topological polar surface area (TPSA) is 21.3 Å². The van der Waals surface area contributed by atoms with Crippen molar-refractivity contribution in [1.82, 2.24) is 0 Å². The average molecular weight is 233 g/mol. The number of anilines is 1. The molecular weight excluding hydrogens is 218 g/mol. The quantitative estimate of drug-likeness (QED) is 0.849. The Kier molecular flexibility index (Phi) is 3.83. The van der Waals surface area contributed by atoms with Crippen molar-refractivity contribution < 1.29 is 4.74 Å². The van der Waals surface area contributed by atoms with Gasteiger partial charge in [0.2, 0.25) is 0 Å². The standard InChI is InChI=1S/C13H15NOS/c1-2-15-12-6-3-5-11(9-12)14-10-13-7-4-8-16-13/h3-9,14H,2,10H2,1H3. The largest absolute Gasteiger partial charge is 0.494 e. The van der Waals surface area contributed by atoms with E-state index in [4.69, 9.17) is 4.74 Å². The molecule has 0 radical (unpaired) electrons. The Morgan fingerprint density at radius 2 is 2.19 bits per heavy atom. The van der Waals surface area contributed by atoms with Crippen LogP contribution in [-0.4, -0.2) is 6.61 Å². The minimum atomic E-state index is 0.703. The van der Waals surface area contributed by atoms with Gasteiger partial charge < -0.3 is 10.1 Å². The Bertz CT molecular complexity index is 425. The first kappa shape index (κ1) is 11.0. The van der Waals surface area contributed by atoms with Gasteiger partial charge in [0, 0.05) is 23.2 Å². The molecule has 2 aromatic rings. The summed E-state index contributed by atoms with van der Waals surface area (Å²) in [5.41, 5.74) is 1.10. The third-order valence-corrected chi connectivity index (χ3v) is 3.07. The molecule has 2 nitrogen and oxygen atoms in total. The lowest BCUT2D eigenvalue weighted by Crippen LogP contribution is -1.98. The van der Waals surface area contributed by atoms with Crippen molar-refractivity contribution >= 4 is 17.0 Å². The highest BCUT2D eigenvalue weighted by atomic mass is 32.1. The maximum absolute atomic E-state index is 5.45. The van der Waals surface area contributed by atoms with E-state index in [0.29, 0.717) is 6.61 Å². The van der Waals surface area contributed by atoms with Crippen LogP contribution >= 0.6 is 11.3 Å². The Hall–Kier alpha value is -1.48. The normalized spacial score (nSPS) is 10.1. The zero-order valence-corrected chi connectivity index (χ0v) is 10.1. The molecule has 0 unspecified atom stereocenters. The summed E-state index contributed by atoms with van der Waals surface area (Å²) in [6.07, 6.45) is 0. The number of ether oxygens (including phenoxy) is 1. The molecule has 1 heterocycles. The lowest BCUT2D eigenvalue weighted by Gasteiger charge is -2.07. The van der Waals surface area contributed by atoms with Crippen LogP contribution in [-0.2, 0) is 6.54 Å². The molecule has 1 aromatic carbocycles. The van der Waals surface area contributed by atoms with E-state index in [1.807, 2.05) is 25.1 Å². The molecule has 0 amide bonds. The SMILES string of the molecule is CCOc1cccc(NCc2cccs2)c1. The molecule has 0 saturated heterocycles. The molecule has 0 spiro atoms. The zero-order valence-electron chi connectivity index (χ0n) is 9.27. The van der Waals surface area contributed by atoms with Crippen molar-refractivity contribution in [3.63, 3.8) is 0 Å². The van der Waals surface area contributed by atoms with Crippen LogP contribution in [0.4, 0.5) is 5.69 Å². The molecule has 1 N–H and O–H groups in total. The molecule has 2 rings (SSSR count). The van der Waals surface area contributed by atoms with Crippen LogP contribution < -0.4 is 10.1 Å². The fourth-order valence-electron chi connectivity index (χ4n) is 1.46. The van der Waals surface area contributed by atoms with E-state index in [-0.39, 0.29) is 0 Å². The minimum absolute atomic E-state index is 0.703. The molecule has 1 aromatic heterocycles. The van der Waals surface area contributed by atoms with Crippen LogP contribution in [0.2, 0.25) is 0 Å². The summed E-state index contributed by atoms with van der Waals surface area (Å²) in [4.78, 5) is 1.34. The van der Waals surface area contributed by atoms with Crippen molar-refractivity contribution in [3.05, 3.63) is 46.7 Å². The van der Waals surface area contributed by atoms with Gasteiger partial charge in [0.05, 0.1) is 6.61 Å². The van der Waals surface area contributed by atoms with E-state index in [1.54, 1.807) is 11.3 Å². The van der Waals surface area contributed by atoms with Gasteiger partial charge in [0.1, 0.15) is 5.75 Å². The summed E-state index contributed by atoms with van der Waals surface area (Å²) >= 11 is 1.76. The van der Waals surface area contributed by atoms with Crippen molar-refractivity contribution in [2.45, 2.75) is 13.5 Å². The van der Waals surface area contributed by atoms with Crippen molar-refractivity contribution in [3.8, 4) is 5.75 Å². The second-order valence-electron chi connectivity index (χ2n) is 3.39. The summed E-state index contributed by atoms with van der Waals surface area (Å²) in [7, 11) is 0. The predicted octanol–water partition coefficient (Wildman–Crippen LogP) is 3.76. The van der Waals surface area contributed by atoms with Gasteiger partial charge in [-0.15, -0.1) is 11.3 Å². The molecule has 0 saturated carbocycles. The van der Waals surface area contributed by atoms with Crippen LogP contribution in [0.3, 0.4) is 0 Å². The summed E-state index contributed by atoms with van der Waals surface area (Å²) in [6.45, 7) is 3.56. The maximum atomic E-state index is 5.45. The molecule has 0 atom stereocenters. The average Bonchev–Trinajstić information content (AvgIpc) is 2.80. The van der Waals surface area contributed by atoms with E-state index in [2.05, 4.69) is 28.9 Å². The van der Waals surface area contributed by atoms with E-state index in [1.165, 1.54) is 4.88 Å². The van der Waals surface area contributed by atoms with Crippen molar-refractivity contribution in [1.29, 1.82) is 0 Å². The lowest BCUT2D eigenvalue weighted by atomic mass is 10.3. The van der Waals surface area contributed by atoms with Crippen LogP contribution in [0, 0.1) is 0 Å². The molecular formula is C13H15NOS. The lowest BCUT2D eigenvalue weighted by molar-refractivity contribution is 0.340. The Balaban J connectivity index is 1.96. The molecule has 16 heavy (non-hydrogen) atoms. The number of hydrogen-bond donors (Lipinski definition) is 1. The second-order valence-corrected chi connectivity index (χ2v) is 4.43. The van der Waals surface area contributed by atoms with E-state index in [0.717, 1.165) is 18.0 Å². The summed E-state index contributed by atoms with van der Waals surface area (Å²) < 4.78 is 5.45. The van der Waals surface area contributed by atoms with Crippen molar-refractivity contribution in [2.75, 3.05) is 11.9 Å². The molecule has 84 valence electrons. The number of nitrogens with one attached hydrogen (secondary N) is 1. The highest BCUT2D eigenvalue weighted by Crippen LogP contribution is 2.18. The van der Waals surface area contributed by atoms with Gasteiger partial charge in [-0.1, -0.05) is 12.1 Å². The Morgan fingerprint density at radius 3 is 2.94 bits per heavy atom. The fourth-order valence-corrected chi connectivity index (χ4v) is 2.11. The van der Waals surface area contributed by atoms with Gasteiger partial charge in [0.25, 0.3) is 0 Å². The molecule has 0 aliphatic rings. The molecule has 0 fully saturated rings. The third kappa shape index (κ3) is 3.00. The summed E-state index contributed by atoms with van der Waals surface area (Å²) in [5.74, 6) is 0.915. The second kappa shape index (κ2) is 5.56. The smallest absolute Gasteiger partial charge is 0.121 e. The first-order chi connectivity index (χ1) is 7.88. The molecule has 3 heteroatoms. The van der Waals surface area contributed by atoms with Gasteiger partial charge in [0.15, 0.2) is 0 Å². The van der Waals surface area contributed by atoms with E-state index < -0.39 is 0 Å². The number of rotatable bonds is 5. The van der Waals surface area contributed by atoms with Crippen LogP contribution in [0.25, 0.3) is 0 Å². The molecule has 0 bridgehead atoms. The van der Waals surface area contributed by atoms with Gasteiger partial charge in [-0.2, -0.15) is 0 Å². The summed E-state index contributed by atoms with van der Waals surface area (Å²) in [6, 6.07) is 12.2. The van der Waals surface area contributed by atoms with Gasteiger partial charge in [-0.05, 0) is 30.5 Å². The minimum Gasteiger partial charge on any atom is -0.494 e. The maximum Gasteiger partial charge on any atom is 0.121 e. The number of benzene rings is 1. The third-order valence-electron chi connectivity index (χ3n) is 2.19. The van der Waals surface area contributed by atoms with Gasteiger partial charge in [-0.3, -0.25) is 0 Å². The zero-order chi connectivity index (χ0) is 11.2. The highest BCUT2D eigenvalue weighted by molar-refractivity contribution is 7.09. The van der Waals surface area contributed by atoms with E-state index >= 15 is 0 Å². The fraction of sp³-hybridized carbons (Fsp3) is 0.231. The van der Waals surface area contributed by atoms with Crippen LogP contribution in [0.1, 0.15) is 11.8 Å². The Labute approximate surface area is 99.9 Å². The molecule has 0 aliphatic heterocycles. The van der Waals surface area contributed by atoms with Gasteiger partial charge in [-0.25, -0.2) is 0 Å². The van der Waals surface area contributed by atoms with Crippen LogP contribution in [0.5, 0.6) is 5.75 Å². The van der Waals surface area contributed by atoms with Crippen LogP contribution in [0.15, 0.2) is 41.8 Å². The highest BCUT2D eigenvalue weighted by Gasteiger charge is 1.97. The van der Waals surface area contributed by atoms with Crippen molar-refractivity contribution in [2.24, 2.45) is 0 Å². The Morgan fingerprint density at radius 1 is 1.25 bits per heavy atom. The van der Waals surface area contributed by atoms with Gasteiger partial charge >= 0.3 is 0 Å². The van der Waals surface area contributed by atoms with E-state index in [9.17, 15) is 0 Å². The first-order valence-corrected chi connectivity index (χ1v) is 6.25. The summed E-state index contributed by atoms with van der Waals surface area (Å²) in [5, 5.41) is 5.47. The first-order valence-electron chi connectivity index (χ1n) is 5.37. The monoisotopic (exact) mass is 233 g/mol. The number of thiophene rings is 1. The predicted molar refractivity (Wildman–Crippen MR) is 69.3 cm³/mol. The number of hydrogen-bond acceptors (Lipinski definition) is 3. The molecule has 0 aliphatic carbocycles.